The minimum absolute atomic E-state index is 0.408. The lowest BCUT2D eigenvalue weighted by molar-refractivity contribution is 0.0620. The Kier molecular flexibility index (Phi) is 3.52. The summed E-state index contributed by atoms with van der Waals surface area (Å²) in [6.07, 6.45) is 5.40. The third kappa shape index (κ3) is 2.38. The molecule has 0 spiro atoms. The molecule has 3 atom stereocenters. The Balaban J connectivity index is 1.67. The molecule has 18 heavy (non-hydrogen) atoms. The Hall–Kier alpha value is -0.680. The van der Waals surface area contributed by atoms with Crippen molar-refractivity contribution >= 4 is 16.7 Å². The van der Waals surface area contributed by atoms with Gasteiger partial charge in [-0.05, 0) is 25.7 Å². The normalized spacial score (nSPS) is 31.6. The summed E-state index contributed by atoms with van der Waals surface area (Å²) in [5.74, 6) is 2.04. The zero-order chi connectivity index (χ0) is 12.5. The van der Waals surface area contributed by atoms with Crippen LogP contribution in [0.5, 0.6) is 0 Å². The van der Waals surface area contributed by atoms with E-state index in [1.807, 2.05) is 0 Å². The maximum absolute atomic E-state index is 5.80. The van der Waals surface area contributed by atoms with Gasteiger partial charge in [0.05, 0.1) is 6.10 Å². The standard InChI is InChI=1S/C13H21N3OS/c1-8(2)12-15-13(18-16-12)14-10-4-3-5-11-9(10)6-7-17-11/h8-11H,3-7H2,1-2H3,(H,14,15,16)/t9-,10+,11+/m0/s1. The van der Waals surface area contributed by atoms with Gasteiger partial charge in [-0.3, -0.25) is 0 Å². The van der Waals surface area contributed by atoms with Crippen LogP contribution in [-0.4, -0.2) is 28.1 Å². The van der Waals surface area contributed by atoms with Gasteiger partial charge < -0.3 is 10.1 Å². The number of nitrogens with zero attached hydrogens (tertiary/aromatic N) is 2. The molecule has 0 amide bonds. The highest BCUT2D eigenvalue weighted by atomic mass is 32.1. The number of aromatic nitrogens is 2. The van der Waals surface area contributed by atoms with E-state index in [4.69, 9.17) is 4.74 Å². The van der Waals surface area contributed by atoms with Crippen molar-refractivity contribution in [3.8, 4) is 0 Å². The van der Waals surface area contributed by atoms with Crippen molar-refractivity contribution in [2.24, 2.45) is 5.92 Å². The fourth-order valence-electron chi connectivity index (χ4n) is 3.04. The Morgan fingerprint density at radius 3 is 3.00 bits per heavy atom. The molecule has 5 heteroatoms. The zero-order valence-corrected chi connectivity index (χ0v) is 11.9. The van der Waals surface area contributed by atoms with E-state index in [9.17, 15) is 0 Å². The number of anilines is 1. The molecule has 2 aliphatic rings. The van der Waals surface area contributed by atoms with Crippen molar-refractivity contribution in [3.63, 3.8) is 0 Å². The predicted octanol–water partition coefficient (Wildman–Crippen LogP) is 3.03. The molecule has 1 saturated carbocycles. The van der Waals surface area contributed by atoms with E-state index in [1.165, 1.54) is 37.2 Å². The second-order valence-corrected chi connectivity index (χ2v) is 6.41. The molecular formula is C13H21N3OS. The van der Waals surface area contributed by atoms with Gasteiger partial charge in [0, 0.05) is 36.0 Å². The highest BCUT2D eigenvalue weighted by Crippen LogP contribution is 2.36. The first-order valence-electron chi connectivity index (χ1n) is 6.96. The molecule has 0 bridgehead atoms. The minimum Gasteiger partial charge on any atom is -0.378 e. The van der Waals surface area contributed by atoms with Crippen molar-refractivity contribution in [2.45, 2.75) is 57.6 Å². The van der Waals surface area contributed by atoms with Gasteiger partial charge in [-0.1, -0.05) is 13.8 Å². The average molecular weight is 267 g/mol. The van der Waals surface area contributed by atoms with Gasteiger partial charge in [-0.25, -0.2) is 4.98 Å². The summed E-state index contributed by atoms with van der Waals surface area (Å²) in [5, 5.41) is 4.58. The van der Waals surface area contributed by atoms with Crippen LogP contribution in [0.1, 0.15) is 51.3 Å². The van der Waals surface area contributed by atoms with Gasteiger partial charge in [0.1, 0.15) is 5.82 Å². The number of hydrogen-bond donors (Lipinski definition) is 1. The SMILES string of the molecule is CC(C)c1nsc(N[C@@H]2CCC[C@H]3OCC[C@@H]23)n1. The summed E-state index contributed by atoms with van der Waals surface area (Å²) in [6.45, 7) is 5.20. The van der Waals surface area contributed by atoms with E-state index in [2.05, 4.69) is 28.5 Å². The summed E-state index contributed by atoms with van der Waals surface area (Å²) in [6, 6.07) is 0.527. The summed E-state index contributed by atoms with van der Waals surface area (Å²) in [7, 11) is 0. The Morgan fingerprint density at radius 1 is 1.33 bits per heavy atom. The lowest BCUT2D eigenvalue weighted by Gasteiger charge is -2.32. The van der Waals surface area contributed by atoms with Crippen LogP contribution < -0.4 is 5.32 Å². The Bertz CT molecular complexity index is 407. The number of rotatable bonds is 3. The smallest absolute Gasteiger partial charge is 0.202 e. The van der Waals surface area contributed by atoms with Gasteiger partial charge in [0.15, 0.2) is 0 Å². The molecule has 0 radical (unpaired) electrons. The number of fused-ring (bicyclic) bond motifs is 1. The second-order valence-electron chi connectivity index (χ2n) is 5.66. The molecule has 2 heterocycles. The molecule has 4 nitrogen and oxygen atoms in total. The molecule has 1 aromatic heterocycles. The van der Waals surface area contributed by atoms with E-state index in [0.29, 0.717) is 24.0 Å². The number of ether oxygens (including phenoxy) is 1. The minimum atomic E-state index is 0.408. The molecule has 0 aromatic carbocycles. The summed E-state index contributed by atoms with van der Waals surface area (Å²) < 4.78 is 10.2. The van der Waals surface area contributed by atoms with Gasteiger partial charge in [-0.15, -0.1) is 0 Å². The third-order valence-electron chi connectivity index (χ3n) is 4.05. The van der Waals surface area contributed by atoms with Crippen molar-refractivity contribution < 1.29 is 4.74 Å². The van der Waals surface area contributed by atoms with E-state index >= 15 is 0 Å². The number of nitrogens with one attached hydrogen (secondary N) is 1. The molecular weight excluding hydrogens is 246 g/mol. The Morgan fingerprint density at radius 2 is 2.22 bits per heavy atom. The molecule has 1 aromatic rings. The van der Waals surface area contributed by atoms with Gasteiger partial charge in [0.2, 0.25) is 5.13 Å². The van der Waals surface area contributed by atoms with E-state index in [-0.39, 0.29) is 0 Å². The van der Waals surface area contributed by atoms with E-state index in [1.54, 1.807) is 0 Å². The first-order chi connectivity index (χ1) is 8.74. The van der Waals surface area contributed by atoms with Crippen molar-refractivity contribution in [1.29, 1.82) is 0 Å². The average Bonchev–Trinajstić information content (AvgIpc) is 2.97. The number of hydrogen-bond acceptors (Lipinski definition) is 5. The van der Waals surface area contributed by atoms with Gasteiger partial charge in [-0.2, -0.15) is 4.37 Å². The lowest BCUT2D eigenvalue weighted by atomic mass is 9.82. The van der Waals surface area contributed by atoms with Crippen LogP contribution in [0.4, 0.5) is 5.13 Å². The summed E-state index contributed by atoms with van der Waals surface area (Å²) in [5.41, 5.74) is 0. The van der Waals surface area contributed by atoms with E-state index < -0.39 is 0 Å². The van der Waals surface area contributed by atoms with Crippen molar-refractivity contribution in [3.05, 3.63) is 5.82 Å². The van der Waals surface area contributed by atoms with Gasteiger partial charge >= 0.3 is 0 Å². The monoisotopic (exact) mass is 267 g/mol. The maximum atomic E-state index is 5.80. The lowest BCUT2D eigenvalue weighted by Crippen LogP contribution is -2.38. The van der Waals surface area contributed by atoms with Gasteiger partial charge in [0.25, 0.3) is 0 Å². The van der Waals surface area contributed by atoms with Crippen LogP contribution in [0.2, 0.25) is 0 Å². The topological polar surface area (TPSA) is 47.0 Å². The molecule has 100 valence electrons. The summed E-state index contributed by atoms with van der Waals surface area (Å²) >= 11 is 1.49. The van der Waals surface area contributed by atoms with Crippen LogP contribution in [0, 0.1) is 5.92 Å². The fraction of sp³-hybridized carbons (Fsp3) is 0.846. The Labute approximate surface area is 112 Å². The van der Waals surface area contributed by atoms with Crippen LogP contribution in [0.3, 0.4) is 0 Å². The molecule has 3 rings (SSSR count). The quantitative estimate of drug-likeness (QED) is 0.914. The van der Waals surface area contributed by atoms with Crippen molar-refractivity contribution in [1.82, 2.24) is 9.36 Å². The first kappa shape index (κ1) is 12.4. The summed E-state index contributed by atoms with van der Waals surface area (Å²) in [4.78, 5) is 4.57. The van der Waals surface area contributed by atoms with Crippen molar-refractivity contribution in [2.75, 3.05) is 11.9 Å². The maximum Gasteiger partial charge on any atom is 0.202 e. The van der Waals surface area contributed by atoms with Crippen LogP contribution in [0.15, 0.2) is 0 Å². The molecule has 2 fully saturated rings. The second kappa shape index (κ2) is 5.13. The van der Waals surface area contributed by atoms with Crippen LogP contribution >= 0.6 is 11.5 Å². The molecule has 0 unspecified atom stereocenters. The predicted molar refractivity (Wildman–Crippen MR) is 73.1 cm³/mol. The zero-order valence-electron chi connectivity index (χ0n) is 11.1. The fourth-order valence-corrected chi connectivity index (χ4v) is 3.81. The van der Waals surface area contributed by atoms with Crippen LogP contribution in [-0.2, 0) is 4.74 Å². The molecule has 1 aliphatic heterocycles. The highest BCUT2D eigenvalue weighted by molar-refractivity contribution is 7.09. The highest BCUT2D eigenvalue weighted by Gasteiger charge is 2.37. The first-order valence-corrected chi connectivity index (χ1v) is 7.73. The molecule has 1 N–H and O–H groups in total. The van der Waals surface area contributed by atoms with E-state index in [0.717, 1.165) is 17.6 Å². The molecule has 1 aliphatic carbocycles. The third-order valence-corrected chi connectivity index (χ3v) is 4.71. The van der Waals surface area contributed by atoms with Crippen LogP contribution in [0.25, 0.3) is 0 Å². The largest absolute Gasteiger partial charge is 0.378 e. The molecule has 1 saturated heterocycles.